The van der Waals surface area contributed by atoms with Crippen molar-refractivity contribution >= 4 is 22.1 Å². The Kier molecular flexibility index (Phi) is 6.53. The van der Waals surface area contributed by atoms with E-state index in [1.807, 2.05) is 26.8 Å². The van der Waals surface area contributed by atoms with Gasteiger partial charge >= 0.3 is 22.1 Å². The lowest BCUT2D eigenvalue weighted by atomic mass is 9.88. The summed E-state index contributed by atoms with van der Waals surface area (Å²) < 4.78 is 37.4. The highest BCUT2D eigenvalue weighted by Crippen LogP contribution is 2.49. The van der Waals surface area contributed by atoms with Gasteiger partial charge in [-0.15, -0.1) is 0 Å². The van der Waals surface area contributed by atoms with E-state index in [0.29, 0.717) is 24.0 Å². The molecule has 0 bridgehead atoms. The SMILES string of the molecule is C/C(=C\Cc1c(OS(=O)(=O)c2ccc(C)cc2)c2c(c(C)c1C1CC1)COC2=O)CCC(=O)O. The van der Waals surface area contributed by atoms with E-state index in [1.165, 1.54) is 12.1 Å². The van der Waals surface area contributed by atoms with Gasteiger partial charge in [-0.3, -0.25) is 4.79 Å². The van der Waals surface area contributed by atoms with Gasteiger partial charge in [-0.05, 0) is 75.6 Å². The van der Waals surface area contributed by atoms with Crippen molar-refractivity contribution in [1.29, 1.82) is 0 Å². The fraction of sp³-hybridized carbons (Fsp3) is 0.385. The van der Waals surface area contributed by atoms with E-state index >= 15 is 0 Å². The van der Waals surface area contributed by atoms with Gasteiger partial charge in [0.25, 0.3) is 0 Å². The van der Waals surface area contributed by atoms with Crippen molar-refractivity contribution in [2.45, 2.75) is 70.3 Å². The number of carboxylic acids is 1. The van der Waals surface area contributed by atoms with Gasteiger partial charge in [0, 0.05) is 17.5 Å². The number of cyclic esters (lactones) is 1. The Morgan fingerprint density at radius 2 is 1.85 bits per heavy atom. The number of benzene rings is 2. The van der Waals surface area contributed by atoms with Crippen molar-refractivity contribution in [3.63, 3.8) is 0 Å². The van der Waals surface area contributed by atoms with Crippen LogP contribution in [0, 0.1) is 13.8 Å². The van der Waals surface area contributed by atoms with Crippen molar-refractivity contribution in [3.8, 4) is 5.75 Å². The summed E-state index contributed by atoms with van der Waals surface area (Å²) in [6.45, 7) is 5.74. The van der Waals surface area contributed by atoms with Crippen LogP contribution in [0.15, 0.2) is 40.8 Å². The summed E-state index contributed by atoms with van der Waals surface area (Å²) in [5.74, 6) is -1.17. The Morgan fingerprint density at radius 3 is 2.47 bits per heavy atom. The molecule has 0 saturated heterocycles. The van der Waals surface area contributed by atoms with Crippen molar-refractivity contribution in [3.05, 3.63) is 69.3 Å². The van der Waals surface area contributed by atoms with Crippen LogP contribution >= 0.6 is 0 Å². The van der Waals surface area contributed by atoms with E-state index in [4.69, 9.17) is 14.0 Å². The Labute approximate surface area is 199 Å². The normalized spacial score (nSPS) is 15.7. The number of allylic oxidation sites excluding steroid dienone is 2. The molecule has 0 unspecified atom stereocenters. The molecular formula is C26H28O7S. The van der Waals surface area contributed by atoms with Gasteiger partial charge in [0.1, 0.15) is 17.1 Å². The lowest BCUT2D eigenvalue weighted by Gasteiger charge is -2.20. The molecule has 0 spiro atoms. The molecule has 2 aromatic carbocycles. The predicted molar refractivity (Wildman–Crippen MR) is 126 cm³/mol. The second-order valence-electron chi connectivity index (χ2n) is 9.05. The summed E-state index contributed by atoms with van der Waals surface area (Å²) in [5, 5.41) is 8.98. The third-order valence-electron chi connectivity index (χ3n) is 6.41. The zero-order chi connectivity index (χ0) is 24.6. The molecule has 1 saturated carbocycles. The van der Waals surface area contributed by atoms with Crippen molar-refractivity contribution in [1.82, 2.24) is 0 Å². The highest BCUT2D eigenvalue weighted by Gasteiger charge is 2.38. The first-order valence-electron chi connectivity index (χ1n) is 11.3. The van der Waals surface area contributed by atoms with E-state index in [-0.39, 0.29) is 35.2 Å². The van der Waals surface area contributed by atoms with Gasteiger partial charge in [-0.1, -0.05) is 29.3 Å². The van der Waals surface area contributed by atoms with E-state index in [0.717, 1.165) is 35.1 Å². The maximum atomic E-state index is 13.2. The number of hydrogen-bond acceptors (Lipinski definition) is 6. The number of hydrogen-bond donors (Lipinski definition) is 1. The van der Waals surface area contributed by atoms with Gasteiger partial charge in [0.2, 0.25) is 0 Å². The van der Waals surface area contributed by atoms with E-state index in [9.17, 15) is 18.0 Å². The predicted octanol–water partition coefficient (Wildman–Crippen LogP) is 4.97. The van der Waals surface area contributed by atoms with Crippen LogP contribution in [-0.4, -0.2) is 25.5 Å². The highest BCUT2D eigenvalue weighted by atomic mass is 32.2. The number of fused-ring (bicyclic) bond motifs is 1. The zero-order valence-corrected chi connectivity index (χ0v) is 20.3. The van der Waals surface area contributed by atoms with E-state index in [1.54, 1.807) is 12.1 Å². The van der Waals surface area contributed by atoms with Crippen LogP contribution in [0.1, 0.15) is 76.7 Å². The van der Waals surface area contributed by atoms with Crippen LogP contribution in [0.25, 0.3) is 0 Å². The average Bonchev–Trinajstić information content (AvgIpc) is 3.54. The molecule has 0 radical (unpaired) electrons. The molecule has 2 aromatic rings. The molecule has 1 aliphatic carbocycles. The molecule has 0 atom stereocenters. The minimum Gasteiger partial charge on any atom is -0.481 e. The molecule has 180 valence electrons. The largest absolute Gasteiger partial charge is 0.481 e. The van der Waals surface area contributed by atoms with Gasteiger partial charge in [0.05, 0.1) is 0 Å². The highest BCUT2D eigenvalue weighted by molar-refractivity contribution is 7.87. The standard InChI is InChI=1S/C26H28O7S/c1-15-4-10-19(11-5-15)34(30,31)33-25-20(12-6-16(2)7-13-22(27)28)23(18-8-9-18)17(3)21-14-32-26(29)24(21)25/h4-6,10-11,18H,7-9,12-14H2,1-3H3,(H,27,28)/b16-6+. The van der Waals surface area contributed by atoms with Crippen LogP contribution < -0.4 is 4.18 Å². The molecule has 0 amide bonds. The first-order valence-corrected chi connectivity index (χ1v) is 12.7. The summed E-state index contributed by atoms with van der Waals surface area (Å²) in [5.41, 5.74) is 5.24. The molecule has 8 heteroatoms. The number of esters is 1. The molecule has 4 rings (SSSR count). The smallest absolute Gasteiger partial charge is 0.342 e. The van der Waals surface area contributed by atoms with Gasteiger partial charge < -0.3 is 14.0 Å². The topological polar surface area (TPSA) is 107 Å². The second-order valence-corrected chi connectivity index (χ2v) is 10.6. The molecule has 1 aliphatic heterocycles. The first-order chi connectivity index (χ1) is 16.1. The van der Waals surface area contributed by atoms with Crippen LogP contribution in [0.3, 0.4) is 0 Å². The van der Waals surface area contributed by atoms with Crippen LogP contribution in [0.4, 0.5) is 0 Å². The summed E-state index contributed by atoms with van der Waals surface area (Å²) in [4.78, 5) is 23.6. The van der Waals surface area contributed by atoms with Crippen LogP contribution in [0.5, 0.6) is 5.75 Å². The number of carbonyl (C=O) groups is 2. The molecule has 34 heavy (non-hydrogen) atoms. The molecule has 1 heterocycles. The summed E-state index contributed by atoms with van der Waals surface area (Å²) in [7, 11) is -4.20. The Bertz CT molecular complexity index is 1280. The van der Waals surface area contributed by atoms with Gasteiger partial charge in [-0.2, -0.15) is 8.42 Å². The quantitative estimate of drug-likeness (QED) is 0.304. The fourth-order valence-corrected chi connectivity index (χ4v) is 5.33. The maximum Gasteiger partial charge on any atom is 0.342 e. The number of aryl methyl sites for hydroxylation is 1. The Balaban J connectivity index is 1.83. The lowest BCUT2D eigenvalue weighted by Crippen LogP contribution is -2.16. The third-order valence-corrected chi connectivity index (χ3v) is 7.65. The Morgan fingerprint density at radius 1 is 1.18 bits per heavy atom. The number of rotatable bonds is 9. The molecular weight excluding hydrogens is 456 g/mol. The van der Waals surface area contributed by atoms with Crippen molar-refractivity contribution in [2.24, 2.45) is 0 Å². The second kappa shape index (κ2) is 9.25. The van der Waals surface area contributed by atoms with Crippen LogP contribution in [0.2, 0.25) is 0 Å². The zero-order valence-electron chi connectivity index (χ0n) is 19.5. The summed E-state index contributed by atoms with van der Waals surface area (Å²) in [6, 6.07) is 6.34. The maximum absolute atomic E-state index is 13.2. The van der Waals surface area contributed by atoms with E-state index in [2.05, 4.69) is 0 Å². The number of aliphatic carboxylic acids is 1. The monoisotopic (exact) mass is 484 g/mol. The fourth-order valence-electron chi connectivity index (χ4n) is 4.36. The minimum atomic E-state index is -4.20. The third kappa shape index (κ3) is 4.87. The van der Waals surface area contributed by atoms with Crippen molar-refractivity contribution in [2.75, 3.05) is 0 Å². The molecule has 0 aromatic heterocycles. The molecule has 7 nitrogen and oxygen atoms in total. The first kappa shape index (κ1) is 24.0. The number of ether oxygens (including phenoxy) is 1. The molecule has 2 aliphatic rings. The minimum absolute atomic E-state index is 0.00546. The molecule has 1 fully saturated rings. The summed E-state index contributed by atoms with van der Waals surface area (Å²) in [6.07, 6.45) is 4.58. The number of carbonyl (C=O) groups excluding carboxylic acids is 1. The van der Waals surface area contributed by atoms with Gasteiger partial charge in [-0.25, -0.2) is 4.79 Å². The van der Waals surface area contributed by atoms with E-state index < -0.39 is 22.1 Å². The van der Waals surface area contributed by atoms with Crippen molar-refractivity contribution < 1.29 is 32.0 Å². The lowest BCUT2D eigenvalue weighted by molar-refractivity contribution is -0.136. The average molecular weight is 485 g/mol. The number of carboxylic acid groups (broad SMARTS) is 1. The van der Waals surface area contributed by atoms with Gasteiger partial charge in [0.15, 0.2) is 5.75 Å². The summed E-state index contributed by atoms with van der Waals surface area (Å²) >= 11 is 0. The van der Waals surface area contributed by atoms with Crippen LogP contribution in [-0.2, 0) is 32.7 Å². The Hall–Kier alpha value is -3.13. The molecule has 1 N–H and O–H groups in total.